The molecule has 0 unspecified atom stereocenters. The third kappa shape index (κ3) is 4.37. The molecule has 7 heteroatoms. The zero-order valence-corrected chi connectivity index (χ0v) is 16.3. The molecule has 0 spiro atoms. The van der Waals surface area contributed by atoms with E-state index in [1.807, 2.05) is 60.8 Å². The number of hydrogen-bond acceptors (Lipinski definition) is 6. The maximum Gasteiger partial charge on any atom is 0.257 e. The lowest BCUT2D eigenvalue weighted by atomic mass is 10.2. The third-order valence-corrected chi connectivity index (χ3v) is 5.71. The number of fused-ring (bicyclic) bond motifs is 1. The van der Waals surface area contributed by atoms with Crippen molar-refractivity contribution in [2.75, 3.05) is 5.32 Å². The number of nitrogens with one attached hydrogen (secondary N) is 1. The first-order valence-electron chi connectivity index (χ1n) is 8.44. The van der Waals surface area contributed by atoms with E-state index in [1.165, 1.54) is 23.1 Å². The van der Waals surface area contributed by atoms with Crippen molar-refractivity contribution in [1.29, 1.82) is 0 Å². The van der Waals surface area contributed by atoms with Gasteiger partial charge in [-0.25, -0.2) is 9.97 Å². The molecule has 2 aromatic carbocycles. The van der Waals surface area contributed by atoms with Crippen molar-refractivity contribution in [2.45, 2.75) is 24.3 Å². The molecule has 0 radical (unpaired) electrons. The lowest BCUT2D eigenvalue weighted by Gasteiger charge is -2.06. The number of oxazole rings is 1. The van der Waals surface area contributed by atoms with E-state index in [0.717, 1.165) is 33.1 Å². The zero-order chi connectivity index (χ0) is 18.6. The predicted molar refractivity (Wildman–Crippen MR) is 109 cm³/mol. The molecule has 4 rings (SSSR count). The van der Waals surface area contributed by atoms with E-state index in [1.54, 1.807) is 0 Å². The molecule has 1 amide bonds. The van der Waals surface area contributed by atoms with Crippen molar-refractivity contribution in [3.05, 3.63) is 70.2 Å². The molecule has 0 fully saturated rings. The van der Waals surface area contributed by atoms with Crippen LogP contribution in [0.5, 0.6) is 0 Å². The van der Waals surface area contributed by atoms with Crippen LogP contribution < -0.4 is 5.32 Å². The van der Waals surface area contributed by atoms with Gasteiger partial charge in [-0.05, 0) is 30.7 Å². The number of carbonyl (C=O) groups excluding carboxylic acids is 1. The Balaban J connectivity index is 1.34. The molecule has 0 bridgehead atoms. The Morgan fingerprint density at radius 3 is 2.81 bits per heavy atom. The second-order valence-electron chi connectivity index (χ2n) is 6.01. The van der Waals surface area contributed by atoms with E-state index < -0.39 is 0 Å². The molecule has 27 heavy (non-hydrogen) atoms. The molecule has 0 saturated carbocycles. The monoisotopic (exact) mass is 395 g/mol. The highest BCUT2D eigenvalue weighted by Gasteiger charge is 2.11. The summed E-state index contributed by atoms with van der Waals surface area (Å²) in [6, 6.07) is 15.4. The van der Waals surface area contributed by atoms with E-state index in [0.29, 0.717) is 11.0 Å². The molecule has 0 aliphatic carbocycles. The van der Waals surface area contributed by atoms with Crippen molar-refractivity contribution < 1.29 is 9.21 Å². The van der Waals surface area contributed by atoms with Crippen LogP contribution in [0.4, 0.5) is 5.69 Å². The Morgan fingerprint density at radius 2 is 1.96 bits per heavy atom. The molecule has 0 atom stereocenters. The van der Waals surface area contributed by atoms with Crippen LogP contribution in [0.1, 0.15) is 16.3 Å². The van der Waals surface area contributed by atoms with Crippen molar-refractivity contribution in [2.24, 2.45) is 0 Å². The molecule has 136 valence electrons. The van der Waals surface area contributed by atoms with Gasteiger partial charge in [0.05, 0.1) is 12.1 Å². The van der Waals surface area contributed by atoms with Gasteiger partial charge in [0.25, 0.3) is 5.22 Å². The topological polar surface area (TPSA) is 68.0 Å². The van der Waals surface area contributed by atoms with Gasteiger partial charge in [0.15, 0.2) is 5.58 Å². The fourth-order valence-corrected chi connectivity index (χ4v) is 4.22. The number of amides is 1. The van der Waals surface area contributed by atoms with E-state index in [4.69, 9.17) is 4.42 Å². The van der Waals surface area contributed by atoms with Crippen molar-refractivity contribution >= 4 is 45.8 Å². The van der Waals surface area contributed by atoms with E-state index in [2.05, 4.69) is 15.3 Å². The summed E-state index contributed by atoms with van der Waals surface area (Å²) in [5.74, 6) is 0.597. The number of carbonyl (C=O) groups is 1. The molecule has 2 heterocycles. The predicted octanol–water partition coefficient (Wildman–Crippen LogP) is 5.07. The molecule has 1 N–H and O–H groups in total. The van der Waals surface area contributed by atoms with E-state index >= 15 is 0 Å². The highest BCUT2D eigenvalue weighted by atomic mass is 32.2. The molecular formula is C20H17N3O2S2. The smallest absolute Gasteiger partial charge is 0.257 e. The molecular weight excluding hydrogens is 378 g/mol. The van der Waals surface area contributed by atoms with Crippen LogP contribution in [0.25, 0.3) is 11.1 Å². The maximum atomic E-state index is 12.2. The van der Waals surface area contributed by atoms with Gasteiger partial charge >= 0.3 is 0 Å². The highest BCUT2D eigenvalue weighted by molar-refractivity contribution is 7.98. The normalized spacial score (nSPS) is 11.0. The summed E-state index contributed by atoms with van der Waals surface area (Å²) in [5, 5.41) is 6.34. The van der Waals surface area contributed by atoms with E-state index in [9.17, 15) is 4.79 Å². The number of thiazole rings is 1. The summed E-state index contributed by atoms with van der Waals surface area (Å²) in [6.07, 6.45) is 0.270. The summed E-state index contributed by atoms with van der Waals surface area (Å²) in [6.45, 7) is 1.97. The van der Waals surface area contributed by atoms with Crippen LogP contribution in [-0.4, -0.2) is 15.9 Å². The second-order valence-corrected chi connectivity index (χ2v) is 7.88. The Labute approximate surface area is 164 Å². The van der Waals surface area contributed by atoms with E-state index in [-0.39, 0.29) is 12.3 Å². The fraction of sp³-hybridized carbons (Fsp3) is 0.150. The lowest BCUT2D eigenvalue weighted by molar-refractivity contribution is -0.115. The first-order chi connectivity index (χ1) is 13.2. The number of benzene rings is 2. The highest BCUT2D eigenvalue weighted by Crippen LogP contribution is 2.26. The van der Waals surface area contributed by atoms with Gasteiger partial charge in [-0.3, -0.25) is 4.79 Å². The summed E-state index contributed by atoms with van der Waals surface area (Å²) in [4.78, 5) is 21.2. The Bertz CT molecular complexity index is 1050. The average molecular weight is 396 g/mol. The number of thioether (sulfide) groups is 1. The minimum Gasteiger partial charge on any atom is -0.431 e. The fourth-order valence-electron chi connectivity index (χ4n) is 2.59. The first kappa shape index (κ1) is 17.8. The largest absolute Gasteiger partial charge is 0.431 e. The zero-order valence-electron chi connectivity index (χ0n) is 14.6. The van der Waals surface area contributed by atoms with Gasteiger partial charge in [-0.2, -0.15) is 0 Å². The molecule has 0 saturated heterocycles. The Kier molecular flexibility index (Phi) is 5.22. The SMILES string of the molecule is Cc1ccccc1NC(=O)Cc1nc(CSc2nc3ccccc3o2)cs1. The van der Waals surface area contributed by atoms with Crippen molar-refractivity contribution in [1.82, 2.24) is 9.97 Å². The molecule has 5 nitrogen and oxygen atoms in total. The summed E-state index contributed by atoms with van der Waals surface area (Å²) >= 11 is 3.00. The number of rotatable bonds is 6. The van der Waals surface area contributed by atoms with Crippen LogP contribution in [0.3, 0.4) is 0 Å². The molecule has 4 aromatic rings. The van der Waals surface area contributed by atoms with Crippen LogP contribution >= 0.6 is 23.1 Å². The van der Waals surface area contributed by atoms with Gasteiger partial charge in [-0.15, -0.1) is 11.3 Å². The standard InChI is InChI=1S/C20H17N3O2S2/c1-13-6-2-3-7-15(13)22-18(24)10-19-21-14(11-26-19)12-27-20-23-16-8-4-5-9-17(16)25-20/h2-9,11H,10,12H2,1H3,(H,22,24). The maximum absolute atomic E-state index is 12.2. The molecule has 0 aliphatic rings. The molecule has 0 aliphatic heterocycles. The molecule has 2 aromatic heterocycles. The first-order valence-corrected chi connectivity index (χ1v) is 10.3. The number of anilines is 1. The second kappa shape index (κ2) is 7.94. The summed E-state index contributed by atoms with van der Waals surface area (Å²) in [5.41, 5.74) is 4.44. The van der Waals surface area contributed by atoms with Crippen LogP contribution in [-0.2, 0) is 17.0 Å². The lowest BCUT2D eigenvalue weighted by Crippen LogP contribution is -2.15. The quantitative estimate of drug-likeness (QED) is 0.462. The number of para-hydroxylation sites is 3. The van der Waals surface area contributed by atoms with Crippen molar-refractivity contribution in [3.63, 3.8) is 0 Å². The Hall–Kier alpha value is -2.64. The number of hydrogen-bond donors (Lipinski definition) is 1. The van der Waals surface area contributed by atoms with Gasteiger partial charge in [0.1, 0.15) is 10.5 Å². The van der Waals surface area contributed by atoms with Gasteiger partial charge < -0.3 is 9.73 Å². The average Bonchev–Trinajstić information content (AvgIpc) is 3.28. The summed E-state index contributed by atoms with van der Waals surface area (Å²) < 4.78 is 5.70. The van der Waals surface area contributed by atoms with Crippen LogP contribution in [0.15, 0.2) is 63.6 Å². The number of aryl methyl sites for hydroxylation is 1. The van der Waals surface area contributed by atoms with Crippen LogP contribution in [0.2, 0.25) is 0 Å². The summed E-state index contributed by atoms with van der Waals surface area (Å²) in [7, 11) is 0. The Morgan fingerprint density at radius 1 is 1.15 bits per heavy atom. The van der Waals surface area contributed by atoms with Crippen LogP contribution in [0, 0.1) is 6.92 Å². The number of aromatic nitrogens is 2. The number of nitrogens with zero attached hydrogens (tertiary/aromatic N) is 2. The van der Waals surface area contributed by atoms with Gasteiger partial charge in [0, 0.05) is 16.8 Å². The van der Waals surface area contributed by atoms with Gasteiger partial charge in [0.2, 0.25) is 5.91 Å². The minimum absolute atomic E-state index is 0.0585. The minimum atomic E-state index is -0.0585. The van der Waals surface area contributed by atoms with Crippen molar-refractivity contribution in [3.8, 4) is 0 Å². The van der Waals surface area contributed by atoms with Gasteiger partial charge in [-0.1, -0.05) is 42.1 Å². The third-order valence-electron chi connectivity index (χ3n) is 3.95.